The number of anilines is 1. The van der Waals surface area contributed by atoms with E-state index in [1.165, 1.54) is 11.1 Å². The van der Waals surface area contributed by atoms with Crippen LogP contribution in [0.25, 0.3) is 0 Å². The lowest BCUT2D eigenvalue weighted by Gasteiger charge is -2.21. The van der Waals surface area contributed by atoms with Crippen LogP contribution in [0.2, 0.25) is 0 Å². The van der Waals surface area contributed by atoms with Crippen molar-refractivity contribution in [2.24, 2.45) is 0 Å². The molecule has 0 aliphatic rings. The van der Waals surface area contributed by atoms with Crippen LogP contribution >= 0.6 is 0 Å². The zero-order chi connectivity index (χ0) is 16.2. The number of benzene rings is 3. The summed E-state index contributed by atoms with van der Waals surface area (Å²) < 4.78 is 0. The van der Waals surface area contributed by atoms with E-state index in [1.54, 1.807) is 6.07 Å². The summed E-state index contributed by atoms with van der Waals surface area (Å²) in [5.74, 6) is 0.353. The lowest BCUT2D eigenvalue weighted by atomic mass is 9.84. The van der Waals surface area contributed by atoms with Crippen LogP contribution in [-0.2, 0) is 0 Å². The molecular weight excluding hydrogens is 282 g/mol. The number of para-hydroxylation sites is 1. The van der Waals surface area contributed by atoms with Crippen LogP contribution in [0.5, 0.6) is 5.75 Å². The van der Waals surface area contributed by atoms with Gasteiger partial charge in [0.15, 0.2) is 0 Å². The second kappa shape index (κ2) is 6.57. The third-order valence-corrected chi connectivity index (χ3v) is 4.12. The molecule has 3 rings (SSSR count). The molecule has 3 aromatic rings. The fourth-order valence-electron chi connectivity index (χ4n) is 2.89. The van der Waals surface area contributed by atoms with Crippen molar-refractivity contribution in [3.63, 3.8) is 0 Å². The van der Waals surface area contributed by atoms with Crippen molar-refractivity contribution >= 4 is 5.69 Å². The van der Waals surface area contributed by atoms with Crippen molar-refractivity contribution in [3.8, 4) is 5.75 Å². The Balaban J connectivity index is 2.11. The van der Waals surface area contributed by atoms with Crippen LogP contribution in [0.3, 0.4) is 0 Å². The summed E-state index contributed by atoms with van der Waals surface area (Å²) in [5, 5.41) is 10.3. The van der Waals surface area contributed by atoms with Gasteiger partial charge < -0.3 is 10.0 Å². The molecule has 0 saturated heterocycles. The van der Waals surface area contributed by atoms with Gasteiger partial charge in [-0.3, -0.25) is 0 Å². The SMILES string of the molecule is CN(C)c1ccc(C(c2ccccc2)c2ccccc2O)cc1. The van der Waals surface area contributed by atoms with Crippen molar-refractivity contribution in [1.82, 2.24) is 0 Å². The fraction of sp³-hybridized carbons (Fsp3) is 0.143. The zero-order valence-corrected chi connectivity index (χ0v) is 13.5. The lowest BCUT2D eigenvalue weighted by molar-refractivity contribution is 0.467. The number of nitrogens with zero attached hydrogens (tertiary/aromatic N) is 1. The van der Waals surface area contributed by atoms with Crippen LogP contribution in [0, 0.1) is 0 Å². The van der Waals surface area contributed by atoms with Gasteiger partial charge in [0.05, 0.1) is 0 Å². The maximum absolute atomic E-state index is 10.3. The van der Waals surface area contributed by atoms with Crippen molar-refractivity contribution in [1.29, 1.82) is 0 Å². The monoisotopic (exact) mass is 303 g/mol. The van der Waals surface area contributed by atoms with Gasteiger partial charge >= 0.3 is 0 Å². The first kappa shape index (κ1) is 15.2. The topological polar surface area (TPSA) is 23.5 Å². The first-order valence-electron chi connectivity index (χ1n) is 7.77. The van der Waals surface area contributed by atoms with Crippen LogP contribution in [0.4, 0.5) is 5.69 Å². The Bertz CT molecular complexity index is 763. The second-order valence-corrected chi connectivity index (χ2v) is 5.89. The molecule has 1 unspecified atom stereocenters. The molecule has 116 valence electrons. The summed E-state index contributed by atoms with van der Waals surface area (Å²) in [6.45, 7) is 0. The second-order valence-electron chi connectivity index (χ2n) is 5.89. The van der Waals surface area contributed by atoms with E-state index in [-0.39, 0.29) is 5.92 Å². The van der Waals surface area contributed by atoms with Crippen molar-refractivity contribution in [3.05, 3.63) is 95.6 Å². The average molecular weight is 303 g/mol. The van der Waals surface area contributed by atoms with Crippen molar-refractivity contribution in [2.45, 2.75) is 5.92 Å². The Morgan fingerprint density at radius 1 is 0.696 bits per heavy atom. The smallest absolute Gasteiger partial charge is 0.119 e. The molecule has 2 heteroatoms. The van der Waals surface area contributed by atoms with Crippen molar-refractivity contribution in [2.75, 3.05) is 19.0 Å². The molecule has 23 heavy (non-hydrogen) atoms. The van der Waals surface area contributed by atoms with Gasteiger partial charge in [-0.25, -0.2) is 0 Å². The molecule has 1 N–H and O–H groups in total. The molecule has 0 saturated carbocycles. The predicted molar refractivity (Wildman–Crippen MR) is 96.3 cm³/mol. The molecule has 0 amide bonds. The minimum atomic E-state index is 0.0219. The van der Waals surface area contributed by atoms with Crippen LogP contribution < -0.4 is 4.90 Å². The highest BCUT2D eigenvalue weighted by Gasteiger charge is 2.19. The van der Waals surface area contributed by atoms with Crippen LogP contribution in [0.1, 0.15) is 22.6 Å². The van der Waals surface area contributed by atoms with Gasteiger partial charge in [0.25, 0.3) is 0 Å². The maximum Gasteiger partial charge on any atom is 0.119 e. The van der Waals surface area contributed by atoms with Gasteiger partial charge in [0, 0.05) is 31.3 Å². The molecule has 0 spiro atoms. The highest BCUT2D eigenvalue weighted by Crippen LogP contribution is 2.36. The minimum Gasteiger partial charge on any atom is -0.508 e. The molecule has 0 aliphatic carbocycles. The Morgan fingerprint density at radius 3 is 1.87 bits per heavy atom. The van der Waals surface area contributed by atoms with E-state index in [0.29, 0.717) is 5.75 Å². The predicted octanol–water partition coefficient (Wildman–Crippen LogP) is 4.64. The van der Waals surface area contributed by atoms with Gasteiger partial charge in [-0.05, 0) is 29.3 Å². The average Bonchev–Trinajstić information content (AvgIpc) is 2.58. The lowest BCUT2D eigenvalue weighted by Crippen LogP contribution is -2.09. The number of rotatable bonds is 4. The number of aromatic hydroxyl groups is 1. The Hall–Kier alpha value is -2.74. The van der Waals surface area contributed by atoms with Gasteiger partial charge in [0.1, 0.15) is 5.75 Å². The van der Waals surface area contributed by atoms with E-state index in [0.717, 1.165) is 11.3 Å². The highest BCUT2D eigenvalue weighted by atomic mass is 16.3. The summed E-state index contributed by atoms with van der Waals surface area (Å²) in [7, 11) is 4.07. The molecule has 0 fully saturated rings. The summed E-state index contributed by atoms with van der Waals surface area (Å²) in [6, 6.07) is 26.4. The van der Waals surface area contributed by atoms with Gasteiger partial charge in [-0.1, -0.05) is 60.7 Å². The van der Waals surface area contributed by atoms with E-state index < -0.39 is 0 Å². The summed E-state index contributed by atoms with van der Waals surface area (Å²) in [5.41, 5.74) is 4.43. The van der Waals surface area contributed by atoms with E-state index in [4.69, 9.17) is 0 Å². The maximum atomic E-state index is 10.3. The van der Waals surface area contributed by atoms with E-state index in [1.807, 2.05) is 50.5 Å². The zero-order valence-electron chi connectivity index (χ0n) is 13.5. The molecule has 3 aromatic carbocycles. The minimum absolute atomic E-state index is 0.0219. The molecule has 1 atom stereocenters. The number of phenols is 1. The Morgan fingerprint density at radius 2 is 1.26 bits per heavy atom. The number of phenolic OH excluding ortho intramolecular Hbond substituents is 1. The van der Waals surface area contributed by atoms with Gasteiger partial charge in [-0.15, -0.1) is 0 Å². The van der Waals surface area contributed by atoms with Crippen LogP contribution in [0.15, 0.2) is 78.9 Å². The Kier molecular flexibility index (Phi) is 4.33. The van der Waals surface area contributed by atoms with Gasteiger partial charge in [-0.2, -0.15) is 0 Å². The third kappa shape index (κ3) is 3.21. The fourth-order valence-corrected chi connectivity index (χ4v) is 2.89. The molecule has 0 heterocycles. The summed E-state index contributed by atoms with van der Waals surface area (Å²) in [4.78, 5) is 2.08. The van der Waals surface area contributed by atoms with E-state index in [9.17, 15) is 5.11 Å². The van der Waals surface area contributed by atoms with E-state index >= 15 is 0 Å². The molecule has 0 radical (unpaired) electrons. The third-order valence-electron chi connectivity index (χ3n) is 4.12. The quantitative estimate of drug-likeness (QED) is 0.710. The van der Waals surface area contributed by atoms with Gasteiger partial charge in [0.2, 0.25) is 0 Å². The van der Waals surface area contributed by atoms with Crippen molar-refractivity contribution < 1.29 is 5.11 Å². The largest absolute Gasteiger partial charge is 0.508 e. The number of hydrogen-bond acceptors (Lipinski definition) is 2. The number of hydrogen-bond donors (Lipinski definition) is 1. The van der Waals surface area contributed by atoms with Crippen LogP contribution in [-0.4, -0.2) is 19.2 Å². The molecular formula is C21H21NO. The first-order valence-corrected chi connectivity index (χ1v) is 7.77. The Labute approximate surface area is 137 Å². The molecule has 0 aliphatic heterocycles. The molecule has 0 bridgehead atoms. The highest BCUT2D eigenvalue weighted by molar-refractivity contribution is 5.52. The summed E-state index contributed by atoms with van der Waals surface area (Å²) >= 11 is 0. The summed E-state index contributed by atoms with van der Waals surface area (Å²) in [6.07, 6.45) is 0. The molecule has 0 aromatic heterocycles. The first-order chi connectivity index (χ1) is 11.2. The molecule has 2 nitrogen and oxygen atoms in total. The van der Waals surface area contributed by atoms with E-state index in [2.05, 4.69) is 41.3 Å². The standard InChI is InChI=1S/C21H21NO/c1-22(2)18-14-12-17(13-15-18)21(16-8-4-3-5-9-16)19-10-6-7-11-20(19)23/h3-15,21,23H,1-2H3. The normalized spacial score (nSPS) is 11.9.